The third kappa shape index (κ3) is 6.09. The molecule has 4 heteroatoms. The zero-order chi connectivity index (χ0) is 9.45. The van der Waals surface area contributed by atoms with Crippen LogP contribution in [0, 0.1) is 0 Å². The number of hydrogen-bond acceptors (Lipinski definition) is 3. The number of rotatable bonds is 6. The fraction of sp³-hybridized carbons (Fsp3) is 0.625. The van der Waals surface area contributed by atoms with Crippen molar-refractivity contribution >= 4 is 16.1 Å². The summed E-state index contributed by atoms with van der Waals surface area (Å²) in [5.74, 6) is 0.124. The zero-order valence-electron chi connectivity index (χ0n) is 7.12. The molecule has 0 fully saturated rings. The highest BCUT2D eigenvalue weighted by Gasteiger charge is 2.03. The van der Waals surface area contributed by atoms with E-state index in [1.165, 1.54) is 6.29 Å². The molecule has 0 spiro atoms. The number of sulfone groups is 1. The van der Waals surface area contributed by atoms with Gasteiger partial charge in [-0.15, -0.1) is 0 Å². The average molecular weight is 189 g/mol. The summed E-state index contributed by atoms with van der Waals surface area (Å²) in [4.78, 5) is 9.71. The third-order valence-corrected chi connectivity index (χ3v) is 2.78. The number of unbranched alkanes of at least 4 members (excludes halogenated alkanes) is 2. The second-order valence-electron chi connectivity index (χ2n) is 2.49. The van der Waals surface area contributed by atoms with Crippen LogP contribution >= 0.6 is 0 Å². The molecule has 0 aromatic rings. The van der Waals surface area contributed by atoms with Crippen molar-refractivity contribution in [2.24, 2.45) is 0 Å². The lowest BCUT2D eigenvalue weighted by Gasteiger charge is -1.95. The van der Waals surface area contributed by atoms with E-state index in [1.807, 2.05) is 6.92 Å². The van der Waals surface area contributed by atoms with E-state index in [1.54, 1.807) is 0 Å². The molecule has 0 unspecified atom stereocenters. The SMILES string of the molecule is CCCCCS(=O)(=O)C=C[C]=O. The minimum Gasteiger partial charge on any atom is -0.286 e. The zero-order valence-corrected chi connectivity index (χ0v) is 7.93. The molecule has 3 nitrogen and oxygen atoms in total. The van der Waals surface area contributed by atoms with Crippen LogP contribution in [0.4, 0.5) is 0 Å². The first kappa shape index (κ1) is 11.4. The molecule has 0 saturated heterocycles. The maximum Gasteiger partial charge on any atom is 0.226 e. The second-order valence-corrected chi connectivity index (χ2v) is 4.50. The summed E-state index contributed by atoms with van der Waals surface area (Å²) in [7, 11) is -3.16. The summed E-state index contributed by atoms with van der Waals surface area (Å²) in [6, 6.07) is 0. The highest BCUT2D eigenvalue weighted by Crippen LogP contribution is 2.00. The molecule has 1 radical (unpaired) electrons. The molecular weight excluding hydrogens is 176 g/mol. The molecule has 0 saturated carbocycles. The van der Waals surface area contributed by atoms with E-state index in [2.05, 4.69) is 0 Å². The minimum absolute atomic E-state index is 0.124. The number of hydrogen-bond donors (Lipinski definition) is 0. The first-order valence-corrected chi connectivity index (χ1v) is 5.61. The van der Waals surface area contributed by atoms with Crippen molar-refractivity contribution in [1.29, 1.82) is 0 Å². The molecule has 0 atom stereocenters. The Morgan fingerprint density at radius 1 is 1.33 bits per heavy atom. The van der Waals surface area contributed by atoms with Crippen LogP contribution in [0.3, 0.4) is 0 Å². The Kier molecular flexibility index (Phi) is 5.62. The standard InChI is InChI=1S/C8H13O3S/c1-2-3-4-7-12(10,11)8-5-6-9/h5,8H,2-4,7H2,1H3. The minimum atomic E-state index is -3.16. The molecule has 0 aliphatic carbocycles. The summed E-state index contributed by atoms with van der Waals surface area (Å²) >= 11 is 0. The predicted octanol–water partition coefficient (Wildman–Crippen LogP) is 1.21. The van der Waals surface area contributed by atoms with Crippen molar-refractivity contribution in [1.82, 2.24) is 0 Å². The van der Waals surface area contributed by atoms with E-state index in [0.717, 1.165) is 24.3 Å². The van der Waals surface area contributed by atoms with Gasteiger partial charge in [-0.1, -0.05) is 19.8 Å². The number of allylic oxidation sites excluding steroid dienone is 1. The van der Waals surface area contributed by atoms with Gasteiger partial charge in [-0.3, -0.25) is 4.79 Å². The van der Waals surface area contributed by atoms with Gasteiger partial charge in [-0.2, -0.15) is 0 Å². The molecule has 0 bridgehead atoms. The Bertz CT molecular complexity index is 239. The third-order valence-electron chi connectivity index (χ3n) is 1.38. The second kappa shape index (κ2) is 5.94. The van der Waals surface area contributed by atoms with Crippen molar-refractivity contribution in [2.75, 3.05) is 5.75 Å². The van der Waals surface area contributed by atoms with Crippen LogP contribution in [0.2, 0.25) is 0 Å². The molecule has 0 amide bonds. The van der Waals surface area contributed by atoms with E-state index in [9.17, 15) is 13.2 Å². The Hall–Kier alpha value is -0.640. The van der Waals surface area contributed by atoms with Gasteiger partial charge in [0.15, 0.2) is 9.84 Å². The van der Waals surface area contributed by atoms with E-state index in [0.29, 0.717) is 6.42 Å². The molecule has 0 N–H and O–H groups in total. The molecule has 0 aromatic heterocycles. The van der Waals surface area contributed by atoms with Crippen molar-refractivity contribution in [3.05, 3.63) is 11.5 Å². The van der Waals surface area contributed by atoms with E-state index in [4.69, 9.17) is 0 Å². The normalized spacial score (nSPS) is 12.1. The Balaban J connectivity index is 3.88. The van der Waals surface area contributed by atoms with Crippen LogP contribution < -0.4 is 0 Å². The van der Waals surface area contributed by atoms with Gasteiger partial charge in [0, 0.05) is 11.5 Å². The largest absolute Gasteiger partial charge is 0.286 e. The fourth-order valence-electron chi connectivity index (χ4n) is 0.753. The molecule has 0 aromatic carbocycles. The van der Waals surface area contributed by atoms with Gasteiger partial charge in [0.25, 0.3) is 0 Å². The summed E-state index contributed by atoms with van der Waals surface area (Å²) in [6.45, 7) is 2.00. The molecule has 12 heavy (non-hydrogen) atoms. The Morgan fingerprint density at radius 3 is 2.50 bits per heavy atom. The van der Waals surface area contributed by atoms with Gasteiger partial charge in [-0.05, 0) is 6.42 Å². The van der Waals surface area contributed by atoms with Crippen LogP contribution in [0.25, 0.3) is 0 Å². The van der Waals surface area contributed by atoms with Gasteiger partial charge in [0.05, 0.1) is 5.75 Å². The van der Waals surface area contributed by atoms with Gasteiger partial charge >= 0.3 is 0 Å². The highest BCUT2D eigenvalue weighted by atomic mass is 32.2. The summed E-state index contributed by atoms with van der Waals surface area (Å²) < 4.78 is 22.0. The summed E-state index contributed by atoms with van der Waals surface area (Å²) in [6.07, 6.45) is 4.84. The monoisotopic (exact) mass is 189 g/mol. The Labute approximate surface area is 73.4 Å². The highest BCUT2D eigenvalue weighted by molar-refractivity contribution is 7.94. The van der Waals surface area contributed by atoms with E-state index in [-0.39, 0.29) is 5.75 Å². The maximum absolute atomic E-state index is 11.0. The average Bonchev–Trinajstić information content (AvgIpc) is 2.01. The molecule has 0 rings (SSSR count). The van der Waals surface area contributed by atoms with Crippen LogP contribution in [0.1, 0.15) is 26.2 Å². The smallest absolute Gasteiger partial charge is 0.226 e. The topological polar surface area (TPSA) is 51.2 Å². The molecule has 0 aliphatic rings. The predicted molar refractivity (Wildman–Crippen MR) is 48.1 cm³/mol. The van der Waals surface area contributed by atoms with Crippen LogP contribution in [0.15, 0.2) is 11.5 Å². The fourth-order valence-corrected chi connectivity index (χ4v) is 1.76. The maximum atomic E-state index is 11.0. The van der Waals surface area contributed by atoms with Gasteiger partial charge in [0.1, 0.15) is 0 Å². The molecule has 0 aliphatic heterocycles. The van der Waals surface area contributed by atoms with Gasteiger partial charge in [0.2, 0.25) is 6.29 Å². The summed E-state index contributed by atoms with van der Waals surface area (Å²) in [5.41, 5.74) is 0. The first-order valence-electron chi connectivity index (χ1n) is 3.89. The van der Waals surface area contributed by atoms with Gasteiger partial charge in [-0.25, -0.2) is 8.42 Å². The van der Waals surface area contributed by atoms with E-state index < -0.39 is 9.84 Å². The molecular formula is C8H13O3S. The van der Waals surface area contributed by atoms with Crippen molar-refractivity contribution in [3.63, 3.8) is 0 Å². The first-order chi connectivity index (χ1) is 5.62. The lowest BCUT2D eigenvalue weighted by molar-refractivity contribution is 0.564. The lowest BCUT2D eigenvalue weighted by atomic mass is 10.3. The number of carbonyl (C=O) groups excluding carboxylic acids is 1. The molecule has 69 valence electrons. The molecule has 0 heterocycles. The van der Waals surface area contributed by atoms with Crippen molar-refractivity contribution in [3.8, 4) is 0 Å². The van der Waals surface area contributed by atoms with Crippen molar-refractivity contribution in [2.45, 2.75) is 26.2 Å². The van der Waals surface area contributed by atoms with Crippen LogP contribution in [0.5, 0.6) is 0 Å². The van der Waals surface area contributed by atoms with Gasteiger partial charge < -0.3 is 0 Å². The van der Waals surface area contributed by atoms with Crippen LogP contribution in [-0.4, -0.2) is 20.5 Å². The van der Waals surface area contributed by atoms with Crippen LogP contribution in [-0.2, 0) is 14.6 Å². The quantitative estimate of drug-likeness (QED) is 0.466. The lowest BCUT2D eigenvalue weighted by Crippen LogP contribution is -2.01. The Morgan fingerprint density at radius 2 is 2.00 bits per heavy atom. The summed E-state index contributed by atoms with van der Waals surface area (Å²) in [5, 5.41) is 0.912. The van der Waals surface area contributed by atoms with E-state index >= 15 is 0 Å². The van der Waals surface area contributed by atoms with Crippen molar-refractivity contribution < 1.29 is 13.2 Å².